The maximum Gasteiger partial charge on any atom is 0.250 e. The third kappa shape index (κ3) is 5.10. The summed E-state index contributed by atoms with van der Waals surface area (Å²) < 4.78 is 5.96. The summed E-state index contributed by atoms with van der Waals surface area (Å²) in [5.41, 5.74) is 7.60. The molecule has 1 aliphatic rings. The molecule has 3 aromatic rings. The molecule has 0 bridgehead atoms. The molecule has 6 nitrogen and oxygen atoms in total. The summed E-state index contributed by atoms with van der Waals surface area (Å²) in [4.78, 5) is 17.8. The quantitative estimate of drug-likeness (QED) is 0.616. The Labute approximate surface area is 182 Å². The number of hydrogen-bond acceptors (Lipinski definition) is 5. The number of nitrogens with zero attached hydrogens (tertiary/aromatic N) is 2. The van der Waals surface area contributed by atoms with Crippen molar-refractivity contribution in [2.45, 2.75) is 18.4 Å². The number of likely N-dealkylation sites (tertiary alicyclic amines) is 1. The van der Waals surface area contributed by atoms with Gasteiger partial charge in [0.25, 0.3) is 0 Å². The topological polar surface area (TPSA) is 88.7 Å². The van der Waals surface area contributed by atoms with E-state index < -0.39 is 11.5 Å². The summed E-state index contributed by atoms with van der Waals surface area (Å²) in [5, 5.41) is 11.0. The number of benzene rings is 2. The van der Waals surface area contributed by atoms with Gasteiger partial charge >= 0.3 is 0 Å². The first kappa shape index (κ1) is 21.0. The molecule has 6 heteroatoms. The van der Waals surface area contributed by atoms with Gasteiger partial charge in [-0.25, -0.2) is 0 Å². The first-order valence-electron chi connectivity index (χ1n) is 10.5. The van der Waals surface area contributed by atoms with E-state index in [0.29, 0.717) is 12.2 Å². The van der Waals surface area contributed by atoms with Gasteiger partial charge in [0, 0.05) is 31.4 Å². The van der Waals surface area contributed by atoms with Gasteiger partial charge in [-0.1, -0.05) is 42.5 Å². The van der Waals surface area contributed by atoms with Crippen LogP contribution in [0.15, 0.2) is 72.9 Å². The molecule has 4 rings (SSSR count). The number of carbonyl (C=O) groups excluding carboxylic acids is 1. The summed E-state index contributed by atoms with van der Waals surface area (Å²) in [6.45, 7) is 3.05. The predicted octanol–water partition coefficient (Wildman–Crippen LogP) is 3.21. The number of primary amides is 1. The summed E-state index contributed by atoms with van der Waals surface area (Å²) in [5.74, 6) is 0.284. The third-order valence-corrected chi connectivity index (χ3v) is 5.85. The lowest BCUT2D eigenvalue weighted by atomic mass is 9.84. The molecule has 0 atom stereocenters. The van der Waals surface area contributed by atoms with Crippen LogP contribution in [0, 0.1) is 0 Å². The van der Waals surface area contributed by atoms with Crippen LogP contribution in [-0.2, 0) is 5.60 Å². The fourth-order valence-corrected chi connectivity index (χ4v) is 3.93. The number of ether oxygens (including phenoxy) is 1. The molecule has 0 unspecified atom stereocenters. The van der Waals surface area contributed by atoms with Crippen molar-refractivity contribution in [3.63, 3.8) is 0 Å². The van der Waals surface area contributed by atoms with E-state index in [1.54, 1.807) is 12.1 Å². The van der Waals surface area contributed by atoms with E-state index in [9.17, 15) is 9.90 Å². The average Bonchev–Trinajstić information content (AvgIpc) is 2.81. The highest BCUT2D eigenvalue weighted by atomic mass is 16.5. The molecule has 31 heavy (non-hydrogen) atoms. The van der Waals surface area contributed by atoms with Crippen LogP contribution in [0.1, 0.15) is 28.8 Å². The van der Waals surface area contributed by atoms with Crippen LogP contribution in [-0.4, -0.2) is 47.1 Å². The van der Waals surface area contributed by atoms with Crippen LogP contribution in [0.5, 0.6) is 5.75 Å². The van der Waals surface area contributed by atoms with Gasteiger partial charge in [0.2, 0.25) is 5.91 Å². The first-order valence-corrected chi connectivity index (χ1v) is 10.5. The zero-order valence-electron chi connectivity index (χ0n) is 17.4. The highest BCUT2D eigenvalue weighted by molar-refractivity contribution is 5.92. The van der Waals surface area contributed by atoms with E-state index >= 15 is 0 Å². The summed E-state index contributed by atoms with van der Waals surface area (Å²) in [6.07, 6.45) is 2.93. The Morgan fingerprint density at radius 1 is 1.06 bits per heavy atom. The molecule has 1 fully saturated rings. The number of hydrogen-bond donors (Lipinski definition) is 2. The molecule has 2 heterocycles. The fraction of sp³-hybridized carbons (Fsp3) is 0.280. The molecular formula is C25H27N3O3. The van der Waals surface area contributed by atoms with E-state index in [2.05, 4.69) is 9.88 Å². The molecule has 160 valence electrons. The number of rotatable bonds is 7. The largest absolute Gasteiger partial charge is 0.492 e. The molecule has 0 radical (unpaired) electrons. The lowest BCUT2D eigenvalue weighted by Gasteiger charge is -2.38. The smallest absolute Gasteiger partial charge is 0.250 e. The van der Waals surface area contributed by atoms with Gasteiger partial charge in [-0.05, 0) is 42.7 Å². The summed E-state index contributed by atoms with van der Waals surface area (Å²) in [7, 11) is 0. The molecule has 3 N–H and O–H groups in total. The van der Waals surface area contributed by atoms with Crippen LogP contribution >= 0.6 is 0 Å². The maximum atomic E-state index is 11.2. The predicted molar refractivity (Wildman–Crippen MR) is 120 cm³/mol. The Kier molecular flexibility index (Phi) is 6.30. The average molecular weight is 418 g/mol. The number of carbonyl (C=O) groups is 1. The Hall–Kier alpha value is -3.22. The standard InChI is InChI=1S/C25H27N3O3/c26-24(29)20-9-10-23(27-18-20)19-5-4-8-22(17-19)31-16-15-28-13-11-25(30,12-14-28)21-6-2-1-3-7-21/h1-10,17-18,30H,11-16H2,(H2,26,29). The lowest BCUT2D eigenvalue weighted by molar-refractivity contribution is -0.0278. The zero-order chi connectivity index (χ0) is 21.7. The van der Waals surface area contributed by atoms with E-state index in [4.69, 9.17) is 10.5 Å². The Morgan fingerprint density at radius 2 is 1.84 bits per heavy atom. The summed E-state index contributed by atoms with van der Waals surface area (Å²) >= 11 is 0. The maximum absolute atomic E-state index is 11.2. The molecule has 0 aliphatic carbocycles. The molecule has 1 aromatic heterocycles. The van der Waals surface area contributed by atoms with Crippen molar-refractivity contribution in [2.24, 2.45) is 5.73 Å². The van der Waals surface area contributed by atoms with Crippen molar-refractivity contribution in [1.82, 2.24) is 9.88 Å². The lowest BCUT2D eigenvalue weighted by Crippen LogP contribution is -2.43. The van der Waals surface area contributed by atoms with Crippen LogP contribution in [0.3, 0.4) is 0 Å². The van der Waals surface area contributed by atoms with Crippen LogP contribution in [0.2, 0.25) is 0 Å². The van der Waals surface area contributed by atoms with Gasteiger partial charge < -0.3 is 15.6 Å². The van der Waals surface area contributed by atoms with Crippen molar-refractivity contribution in [2.75, 3.05) is 26.2 Å². The van der Waals surface area contributed by atoms with Crippen LogP contribution in [0.25, 0.3) is 11.3 Å². The second kappa shape index (κ2) is 9.29. The molecular weight excluding hydrogens is 390 g/mol. The van der Waals surface area contributed by atoms with Gasteiger partial charge in [0.15, 0.2) is 0 Å². The van der Waals surface area contributed by atoms with Gasteiger partial charge in [-0.2, -0.15) is 0 Å². The molecule has 1 aliphatic heterocycles. The van der Waals surface area contributed by atoms with E-state index in [0.717, 1.165) is 55.0 Å². The van der Waals surface area contributed by atoms with E-state index in [-0.39, 0.29) is 0 Å². The van der Waals surface area contributed by atoms with Crippen molar-refractivity contribution in [1.29, 1.82) is 0 Å². The molecule has 0 spiro atoms. The highest BCUT2D eigenvalue weighted by Crippen LogP contribution is 2.32. The number of aliphatic hydroxyl groups is 1. The van der Waals surface area contributed by atoms with E-state index in [1.165, 1.54) is 6.20 Å². The number of amides is 1. The Morgan fingerprint density at radius 3 is 2.52 bits per heavy atom. The van der Waals surface area contributed by atoms with Gasteiger partial charge in [-0.15, -0.1) is 0 Å². The number of piperidine rings is 1. The zero-order valence-corrected chi connectivity index (χ0v) is 17.4. The molecule has 0 saturated carbocycles. The molecule has 2 aromatic carbocycles. The van der Waals surface area contributed by atoms with Crippen LogP contribution < -0.4 is 10.5 Å². The molecule has 1 saturated heterocycles. The Balaban J connectivity index is 1.29. The first-order chi connectivity index (χ1) is 15.0. The minimum atomic E-state index is -0.732. The van der Waals surface area contributed by atoms with Crippen molar-refractivity contribution >= 4 is 5.91 Å². The SMILES string of the molecule is NC(=O)c1ccc(-c2cccc(OCCN3CCC(O)(c4ccccc4)CC3)c2)nc1. The van der Waals surface area contributed by atoms with Gasteiger partial charge in [0.05, 0.1) is 16.9 Å². The third-order valence-electron chi connectivity index (χ3n) is 5.85. The second-order valence-corrected chi connectivity index (χ2v) is 7.91. The van der Waals surface area contributed by atoms with Crippen molar-refractivity contribution in [3.05, 3.63) is 84.1 Å². The van der Waals surface area contributed by atoms with E-state index in [1.807, 2.05) is 54.6 Å². The number of pyridine rings is 1. The fourth-order valence-electron chi connectivity index (χ4n) is 3.93. The Bertz CT molecular complexity index is 1010. The highest BCUT2D eigenvalue weighted by Gasteiger charge is 2.33. The summed E-state index contributed by atoms with van der Waals surface area (Å²) in [6, 6.07) is 21.1. The van der Waals surface area contributed by atoms with Crippen molar-refractivity contribution < 1.29 is 14.6 Å². The van der Waals surface area contributed by atoms with Crippen LogP contribution in [0.4, 0.5) is 0 Å². The number of nitrogens with two attached hydrogens (primary N) is 1. The minimum Gasteiger partial charge on any atom is -0.492 e. The van der Waals surface area contributed by atoms with Crippen molar-refractivity contribution in [3.8, 4) is 17.0 Å². The van der Waals surface area contributed by atoms with Gasteiger partial charge in [-0.3, -0.25) is 14.7 Å². The second-order valence-electron chi connectivity index (χ2n) is 7.91. The van der Waals surface area contributed by atoms with Gasteiger partial charge in [0.1, 0.15) is 12.4 Å². The normalized spacial score (nSPS) is 16.0. The number of aromatic nitrogens is 1. The minimum absolute atomic E-state index is 0.386. The molecule has 1 amide bonds. The monoisotopic (exact) mass is 417 g/mol.